The summed E-state index contributed by atoms with van der Waals surface area (Å²) in [5.41, 5.74) is 2.17. The summed E-state index contributed by atoms with van der Waals surface area (Å²) in [5, 5.41) is 17.3. The second-order valence-electron chi connectivity index (χ2n) is 2.67. The Morgan fingerprint density at radius 1 is 1.43 bits per heavy atom. The molecule has 0 bridgehead atoms. The Hall–Kier alpha value is -1.59. The molecule has 0 aliphatic heterocycles. The molecule has 0 aliphatic carbocycles. The summed E-state index contributed by atoms with van der Waals surface area (Å²) in [7, 11) is 1.52. The fraction of sp³-hybridized carbons (Fsp3) is 0.222. The standard InChI is InChI=1S/C9H11NO4/c1-14-7-4-2-6(3-5-7)8(10-13)9(11)12/h2-5,8,10,13H,1H3,(H,11,12). The van der Waals surface area contributed by atoms with E-state index in [4.69, 9.17) is 15.1 Å². The van der Waals surface area contributed by atoms with E-state index in [2.05, 4.69) is 0 Å². The molecule has 0 amide bonds. The fourth-order valence-corrected chi connectivity index (χ4v) is 1.07. The van der Waals surface area contributed by atoms with Gasteiger partial charge < -0.3 is 15.1 Å². The number of aliphatic carboxylic acids is 1. The molecule has 1 aromatic rings. The first-order valence-corrected chi connectivity index (χ1v) is 3.95. The highest BCUT2D eigenvalue weighted by Gasteiger charge is 2.17. The van der Waals surface area contributed by atoms with E-state index in [1.807, 2.05) is 0 Å². The third-order valence-electron chi connectivity index (χ3n) is 1.83. The van der Waals surface area contributed by atoms with Crippen LogP contribution in [0, 0.1) is 0 Å². The van der Waals surface area contributed by atoms with Crippen molar-refractivity contribution >= 4 is 5.97 Å². The number of carboxylic acid groups (broad SMARTS) is 1. The summed E-state index contributed by atoms with van der Waals surface area (Å²) in [6.07, 6.45) is 0. The molecule has 5 heteroatoms. The number of nitrogens with one attached hydrogen (secondary N) is 1. The van der Waals surface area contributed by atoms with Crippen molar-refractivity contribution in [3.63, 3.8) is 0 Å². The van der Waals surface area contributed by atoms with Gasteiger partial charge in [-0.2, -0.15) is 5.48 Å². The van der Waals surface area contributed by atoms with Crippen LogP contribution >= 0.6 is 0 Å². The maximum Gasteiger partial charge on any atom is 0.327 e. The van der Waals surface area contributed by atoms with Crippen molar-refractivity contribution in [3.05, 3.63) is 29.8 Å². The molecule has 0 aromatic heterocycles. The molecule has 0 aliphatic rings. The van der Waals surface area contributed by atoms with Gasteiger partial charge in [0, 0.05) is 0 Å². The quantitative estimate of drug-likeness (QED) is 0.622. The number of hydrogen-bond donors (Lipinski definition) is 3. The molecule has 0 fully saturated rings. The number of methoxy groups -OCH3 is 1. The van der Waals surface area contributed by atoms with Crippen molar-refractivity contribution < 1.29 is 19.8 Å². The van der Waals surface area contributed by atoms with Crippen LogP contribution < -0.4 is 10.2 Å². The minimum Gasteiger partial charge on any atom is -0.497 e. The zero-order valence-electron chi connectivity index (χ0n) is 7.60. The van der Waals surface area contributed by atoms with Crippen LogP contribution in [0.2, 0.25) is 0 Å². The molecule has 1 atom stereocenters. The predicted molar refractivity (Wildman–Crippen MR) is 48.3 cm³/mol. The Balaban J connectivity index is 2.89. The van der Waals surface area contributed by atoms with E-state index in [-0.39, 0.29) is 0 Å². The summed E-state index contributed by atoms with van der Waals surface area (Å²) in [4.78, 5) is 10.6. The van der Waals surface area contributed by atoms with Crippen molar-refractivity contribution in [2.75, 3.05) is 7.11 Å². The van der Waals surface area contributed by atoms with Crippen molar-refractivity contribution in [2.45, 2.75) is 6.04 Å². The molecule has 14 heavy (non-hydrogen) atoms. The molecule has 0 spiro atoms. The average molecular weight is 197 g/mol. The van der Waals surface area contributed by atoms with Crippen molar-refractivity contribution in [1.29, 1.82) is 0 Å². The van der Waals surface area contributed by atoms with Gasteiger partial charge in [0.1, 0.15) is 5.75 Å². The third-order valence-corrected chi connectivity index (χ3v) is 1.83. The summed E-state index contributed by atoms with van der Waals surface area (Å²) >= 11 is 0. The van der Waals surface area contributed by atoms with Crippen LogP contribution in [0.15, 0.2) is 24.3 Å². The molecule has 1 unspecified atom stereocenters. The van der Waals surface area contributed by atoms with Gasteiger partial charge in [-0.3, -0.25) is 4.79 Å². The van der Waals surface area contributed by atoms with Gasteiger partial charge in [0.05, 0.1) is 7.11 Å². The van der Waals surface area contributed by atoms with E-state index >= 15 is 0 Å². The number of ether oxygens (including phenoxy) is 1. The highest BCUT2D eigenvalue weighted by Crippen LogP contribution is 2.17. The van der Waals surface area contributed by atoms with Gasteiger partial charge in [0.2, 0.25) is 0 Å². The smallest absolute Gasteiger partial charge is 0.327 e. The van der Waals surface area contributed by atoms with E-state index in [1.165, 1.54) is 7.11 Å². The van der Waals surface area contributed by atoms with Crippen LogP contribution in [0.25, 0.3) is 0 Å². The maximum atomic E-state index is 10.6. The van der Waals surface area contributed by atoms with E-state index in [0.717, 1.165) is 0 Å². The Morgan fingerprint density at radius 2 is 2.00 bits per heavy atom. The second-order valence-corrected chi connectivity index (χ2v) is 2.67. The minimum atomic E-state index is -1.14. The molecule has 0 radical (unpaired) electrons. The third kappa shape index (κ3) is 2.21. The lowest BCUT2D eigenvalue weighted by molar-refractivity contribution is -0.142. The van der Waals surface area contributed by atoms with E-state index in [9.17, 15) is 4.79 Å². The normalized spacial score (nSPS) is 12.1. The molecular formula is C9H11NO4. The van der Waals surface area contributed by atoms with Crippen LogP contribution in [0.4, 0.5) is 0 Å². The van der Waals surface area contributed by atoms with Crippen LogP contribution in [-0.2, 0) is 4.79 Å². The van der Waals surface area contributed by atoms with Crippen molar-refractivity contribution in [3.8, 4) is 5.75 Å². The minimum absolute atomic E-state index is 0.459. The van der Waals surface area contributed by atoms with Crippen LogP contribution in [0.3, 0.4) is 0 Å². The van der Waals surface area contributed by atoms with E-state index in [0.29, 0.717) is 11.3 Å². The average Bonchev–Trinajstić information content (AvgIpc) is 2.19. The molecule has 1 rings (SSSR count). The van der Waals surface area contributed by atoms with Crippen LogP contribution in [0.5, 0.6) is 5.75 Å². The number of hydroxylamine groups is 1. The van der Waals surface area contributed by atoms with Gasteiger partial charge in [-0.05, 0) is 17.7 Å². The SMILES string of the molecule is COc1ccc(C(NO)C(=O)O)cc1. The number of benzene rings is 1. The Labute approximate surface area is 80.9 Å². The highest BCUT2D eigenvalue weighted by molar-refractivity contribution is 5.75. The van der Waals surface area contributed by atoms with Crippen LogP contribution in [0.1, 0.15) is 11.6 Å². The first-order valence-electron chi connectivity index (χ1n) is 3.95. The summed E-state index contributed by atoms with van der Waals surface area (Å²) in [5.74, 6) is -0.506. The topological polar surface area (TPSA) is 78.8 Å². The highest BCUT2D eigenvalue weighted by atomic mass is 16.5. The number of carbonyl (C=O) groups is 1. The second kappa shape index (κ2) is 4.59. The molecule has 3 N–H and O–H groups in total. The Kier molecular flexibility index (Phi) is 3.44. The lowest BCUT2D eigenvalue weighted by atomic mass is 10.1. The maximum absolute atomic E-state index is 10.6. The molecule has 0 saturated heterocycles. The summed E-state index contributed by atoms with van der Waals surface area (Å²) in [6.45, 7) is 0. The molecule has 76 valence electrons. The van der Waals surface area contributed by atoms with Gasteiger partial charge in [0.25, 0.3) is 0 Å². The summed E-state index contributed by atoms with van der Waals surface area (Å²) < 4.78 is 4.91. The molecule has 0 saturated carbocycles. The van der Waals surface area contributed by atoms with Gasteiger partial charge in [-0.15, -0.1) is 0 Å². The Bertz CT molecular complexity index is 309. The zero-order valence-corrected chi connectivity index (χ0v) is 7.60. The first-order chi connectivity index (χ1) is 6.69. The van der Waals surface area contributed by atoms with Gasteiger partial charge in [-0.25, -0.2) is 0 Å². The molecule has 5 nitrogen and oxygen atoms in total. The molecule has 0 heterocycles. The van der Waals surface area contributed by atoms with Gasteiger partial charge in [0.15, 0.2) is 6.04 Å². The van der Waals surface area contributed by atoms with Crippen LogP contribution in [-0.4, -0.2) is 23.4 Å². The van der Waals surface area contributed by atoms with Crippen molar-refractivity contribution in [1.82, 2.24) is 5.48 Å². The van der Waals surface area contributed by atoms with Gasteiger partial charge >= 0.3 is 5.97 Å². The van der Waals surface area contributed by atoms with E-state index < -0.39 is 12.0 Å². The number of hydrogen-bond acceptors (Lipinski definition) is 4. The lowest BCUT2D eigenvalue weighted by Gasteiger charge is -2.10. The zero-order chi connectivity index (χ0) is 10.6. The summed E-state index contributed by atoms with van der Waals surface area (Å²) in [6, 6.07) is 5.29. The lowest BCUT2D eigenvalue weighted by Crippen LogP contribution is -2.25. The van der Waals surface area contributed by atoms with E-state index in [1.54, 1.807) is 29.7 Å². The predicted octanol–water partition coefficient (Wildman–Crippen LogP) is 0.800. The largest absolute Gasteiger partial charge is 0.497 e. The fourth-order valence-electron chi connectivity index (χ4n) is 1.07. The first kappa shape index (κ1) is 10.5. The molecule has 1 aromatic carbocycles. The van der Waals surface area contributed by atoms with Crippen molar-refractivity contribution in [2.24, 2.45) is 0 Å². The number of carboxylic acids is 1. The Morgan fingerprint density at radius 3 is 2.36 bits per heavy atom. The number of rotatable bonds is 4. The van der Waals surface area contributed by atoms with Gasteiger partial charge in [-0.1, -0.05) is 12.1 Å². The molecular weight excluding hydrogens is 186 g/mol. The monoisotopic (exact) mass is 197 g/mol.